The second-order valence-corrected chi connectivity index (χ2v) is 6.91. The van der Waals surface area contributed by atoms with E-state index in [9.17, 15) is 13.2 Å². The Kier molecular flexibility index (Phi) is 5.69. The van der Waals surface area contributed by atoms with E-state index >= 15 is 0 Å². The summed E-state index contributed by atoms with van der Waals surface area (Å²) in [6, 6.07) is 0. The molecule has 0 unspecified atom stereocenters. The van der Waals surface area contributed by atoms with Crippen LogP contribution < -0.4 is 10.5 Å². The molecule has 0 heterocycles. The topological polar surface area (TPSA) is 98.5 Å². The summed E-state index contributed by atoms with van der Waals surface area (Å²) in [4.78, 5) is 11.3. The van der Waals surface area contributed by atoms with Gasteiger partial charge in [0.2, 0.25) is 10.0 Å². The number of carbonyl (C=O) groups is 1. The van der Waals surface area contributed by atoms with Gasteiger partial charge in [-0.2, -0.15) is 0 Å². The maximum absolute atomic E-state index is 12.0. The maximum Gasteiger partial charge on any atom is 0.306 e. The van der Waals surface area contributed by atoms with E-state index in [1.54, 1.807) is 6.92 Å². The van der Waals surface area contributed by atoms with Crippen molar-refractivity contribution in [3.8, 4) is 0 Å². The average molecular weight is 308 g/mol. The molecule has 3 N–H and O–H groups in total. The first kappa shape index (κ1) is 16.3. The Morgan fingerprint density at radius 1 is 1.42 bits per heavy atom. The minimum absolute atomic E-state index is 0.170. The van der Waals surface area contributed by atoms with Crippen LogP contribution in [0.1, 0.15) is 39.0 Å². The molecule has 0 bridgehead atoms. The van der Waals surface area contributed by atoms with Crippen molar-refractivity contribution in [1.82, 2.24) is 4.72 Å². The fourth-order valence-corrected chi connectivity index (χ4v) is 3.94. The van der Waals surface area contributed by atoms with Crippen LogP contribution in [0.15, 0.2) is 0 Å². The van der Waals surface area contributed by atoms with Crippen molar-refractivity contribution in [2.75, 3.05) is 12.4 Å². The Bertz CT molecular complexity index is 442. The number of hydrogen-bond donors (Lipinski definition) is 2. The highest BCUT2D eigenvalue weighted by atomic mass is 32.2. The van der Waals surface area contributed by atoms with Gasteiger partial charge >= 0.3 is 5.97 Å². The molecular formula is C11H20N2O4S2. The molecule has 0 atom stereocenters. The monoisotopic (exact) mass is 308 g/mol. The molecule has 8 heteroatoms. The van der Waals surface area contributed by atoms with Crippen molar-refractivity contribution in [3.05, 3.63) is 0 Å². The van der Waals surface area contributed by atoms with Crippen LogP contribution in [0.3, 0.4) is 0 Å². The molecule has 0 aromatic carbocycles. The first-order valence-electron chi connectivity index (χ1n) is 6.28. The van der Waals surface area contributed by atoms with Crippen LogP contribution in [-0.4, -0.2) is 37.3 Å². The number of rotatable bonds is 7. The minimum Gasteiger partial charge on any atom is -0.466 e. The number of sulfonamides is 1. The molecule has 0 spiro atoms. The van der Waals surface area contributed by atoms with Crippen LogP contribution in [0.5, 0.6) is 0 Å². The highest BCUT2D eigenvalue weighted by Gasteiger charge is 2.40. The molecule has 0 aromatic heterocycles. The number of thiocarbonyl (C=S) groups is 1. The number of ether oxygens (including phenoxy) is 1. The number of nitrogens with one attached hydrogen (secondary N) is 1. The SMILES string of the molecule is CCOC(=O)CCS(=O)(=O)NC1(C(N)=S)CCCC1. The molecule has 1 rings (SSSR count). The number of nitrogens with two attached hydrogens (primary N) is 1. The molecule has 1 aliphatic rings. The van der Waals surface area contributed by atoms with E-state index in [1.165, 1.54) is 0 Å². The molecule has 19 heavy (non-hydrogen) atoms. The Balaban J connectivity index is 2.63. The highest BCUT2D eigenvalue weighted by molar-refractivity contribution is 7.89. The first-order chi connectivity index (χ1) is 8.81. The van der Waals surface area contributed by atoms with Gasteiger partial charge in [-0.1, -0.05) is 25.1 Å². The van der Waals surface area contributed by atoms with Gasteiger partial charge < -0.3 is 10.5 Å². The Morgan fingerprint density at radius 3 is 2.47 bits per heavy atom. The van der Waals surface area contributed by atoms with Gasteiger partial charge in [-0.25, -0.2) is 13.1 Å². The third kappa shape index (κ3) is 4.70. The van der Waals surface area contributed by atoms with Gasteiger partial charge in [-0.3, -0.25) is 4.79 Å². The molecule has 1 fully saturated rings. The molecule has 1 saturated carbocycles. The molecule has 6 nitrogen and oxygen atoms in total. The quantitative estimate of drug-likeness (QED) is 0.523. The van der Waals surface area contributed by atoms with E-state index in [0.717, 1.165) is 12.8 Å². The van der Waals surface area contributed by atoms with Gasteiger partial charge in [0.15, 0.2) is 0 Å². The maximum atomic E-state index is 12.0. The van der Waals surface area contributed by atoms with Crippen molar-refractivity contribution in [2.45, 2.75) is 44.6 Å². The van der Waals surface area contributed by atoms with Crippen LogP contribution in [0.2, 0.25) is 0 Å². The molecule has 0 aliphatic heterocycles. The van der Waals surface area contributed by atoms with E-state index < -0.39 is 21.5 Å². The molecule has 0 aromatic rings. The van der Waals surface area contributed by atoms with Crippen LogP contribution in [0, 0.1) is 0 Å². The summed E-state index contributed by atoms with van der Waals surface area (Å²) in [5, 5.41) is 0. The fraction of sp³-hybridized carbons (Fsp3) is 0.818. The van der Waals surface area contributed by atoms with Gasteiger partial charge in [0.25, 0.3) is 0 Å². The molecule has 0 saturated heterocycles. The first-order valence-corrected chi connectivity index (χ1v) is 8.34. The smallest absolute Gasteiger partial charge is 0.306 e. The molecule has 1 aliphatic carbocycles. The summed E-state index contributed by atoms with van der Waals surface area (Å²) in [6.07, 6.45) is 2.83. The molecule has 110 valence electrons. The summed E-state index contributed by atoms with van der Waals surface area (Å²) in [7, 11) is -3.60. The van der Waals surface area contributed by atoms with Gasteiger partial charge in [0.1, 0.15) is 0 Å². The van der Waals surface area contributed by atoms with Crippen molar-refractivity contribution >= 4 is 33.2 Å². The predicted octanol–water partition coefficient (Wildman–Crippen LogP) is 0.458. The van der Waals surface area contributed by atoms with E-state index in [4.69, 9.17) is 22.7 Å². The zero-order chi connectivity index (χ0) is 14.5. The molecule has 0 amide bonds. The van der Waals surface area contributed by atoms with E-state index in [1.807, 2.05) is 0 Å². The second kappa shape index (κ2) is 6.62. The van der Waals surface area contributed by atoms with Crippen LogP contribution in [0.25, 0.3) is 0 Å². The summed E-state index contributed by atoms with van der Waals surface area (Å²) in [6.45, 7) is 1.91. The van der Waals surface area contributed by atoms with Crippen molar-refractivity contribution in [1.29, 1.82) is 0 Å². The summed E-state index contributed by atoms with van der Waals surface area (Å²) < 4.78 is 31.2. The van der Waals surface area contributed by atoms with Gasteiger partial charge in [0, 0.05) is 0 Å². The van der Waals surface area contributed by atoms with Crippen LogP contribution in [0.4, 0.5) is 0 Å². The third-order valence-corrected chi connectivity index (χ3v) is 4.99. The van der Waals surface area contributed by atoms with Crippen molar-refractivity contribution in [2.24, 2.45) is 5.73 Å². The zero-order valence-corrected chi connectivity index (χ0v) is 12.6. The summed E-state index contributed by atoms with van der Waals surface area (Å²) in [5.74, 6) is -0.834. The van der Waals surface area contributed by atoms with Gasteiger partial charge in [-0.15, -0.1) is 0 Å². The minimum atomic E-state index is -3.60. The molecular weight excluding hydrogens is 288 g/mol. The normalized spacial score (nSPS) is 18.2. The number of esters is 1. The van der Waals surface area contributed by atoms with Gasteiger partial charge in [0.05, 0.1) is 29.3 Å². The lowest BCUT2D eigenvalue weighted by molar-refractivity contribution is -0.142. The number of carbonyl (C=O) groups excluding carboxylic acids is 1. The van der Waals surface area contributed by atoms with E-state index in [0.29, 0.717) is 12.8 Å². The van der Waals surface area contributed by atoms with Crippen LogP contribution >= 0.6 is 12.2 Å². The largest absolute Gasteiger partial charge is 0.466 e. The Labute approximate surface area is 119 Å². The van der Waals surface area contributed by atoms with E-state index in [-0.39, 0.29) is 23.8 Å². The van der Waals surface area contributed by atoms with E-state index in [2.05, 4.69) is 4.72 Å². The highest BCUT2D eigenvalue weighted by Crippen LogP contribution is 2.30. The predicted molar refractivity (Wildman–Crippen MR) is 76.2 cm³/mol. The summed E-state index contributed by atoms with van der Waals surface area (Å²) in [5.41, 5.74) is 4.84. The Hall–Kier alpha value is -0.730. The Morgan fingerprint density at radius 2 is 2.00 bits per heavy atom. The number of hydrogen-bond acceptors (Lipinski definition) is 5. The second-order valence-electron chi connectivity index (χ2n) is 4.63. The lowest BCUT2D eigenvalue weighted by atomic mass is 10.00. The van der Waals surface area contributed by atoms with Crippen LogP contribution in [-0.2, 0) is 19.6 Å². The van der Waals surface area contributed by atoms with Crippen molar-refractivity contribution in [3.63, 3.8) is 0 Å². The standard InChI is InChI=1S/C11H20N2O4S2/c1-2-17-9(14)5-8-19(15,16)13-11(10(12)18)6-3-4-7-11/h13H,2-8H2,1H3,(H2,12,18). The van der Waals surface area contributed by atoms with Crippen molar-refractivity contribution < 1.29 is 17.9 Å². The fourth-order valence-electron chi connectivity index (χ4n) is 2.18. The molecule has 0 radical (unpaired) electrons. The summed E-state index contributed by atoms with van der Waals surface area (Å²) >= 11 is 4.97. The van der Waals surface area contributed by atoms with Gasteiger partial charge in [-0.05, 0) is 19.8 Å². The lowest BCUT2D eigenvalue weighted by Gasteiger charge is -2.28. The lowest BCUT2D eigenvalue weighted by Crippen LogP contribution is -2.55. The average Bonchev–Trinajstić information content (AvgIpc) is 2.76. The third-order valence-electron chi connectivity index (χ3n) is 3.16. The zero-order valence-electron chi connectivity index (χ0n) is 11.0.